The van der Waals surface area contributed by atoms with Gasteiger partial charge >= 0.3 is 6.09 Å². The summed E-state index contributed by atoms with van der Waals surface area (Å²) in [5, 5.41) is 0. The van der Waals surface area contributed by atoms with Crippen LogP contribution in [0.15, 0.2) is 30.3 Å². The number of ether oxygens (including phenoxy) is 1. The van der Waals surface area contributed by atoms with Crippen molar-refractivity contribution in [2.75, 3.05) is 25.5 Å². The minimum absolute atomic E-state index is 0.0128. The number of carbonyl (C=O) groups excluding carboxylic acids is 2. The first-order valence-electron chi connectivity index (χ1n) is 7.96. The molecule has 1 fully saturated rings. The lowest BCUT2D eigenvalue weighted by atomic mass is 10.2. The molecule has 1 atom stereocenters. The third-order valence-electron chi connectivity index (χ3n) is 4.09. The van der Waals surface area contributed by atoms with Gasteiger partial charge in [0.05, 0.1) is 0 Å². The molecule has 23 heavy (non-hydrogen) atoms. The molecule has 6 heteroatoms. The van der Waals surface area contributed by atoms with E-state index >= 15 is 0 Å². The first-order valence-corrected chi connectivity index (χ1v) is 8.50. The molecular formula is C17H23ClN2O3. The van der Waals surface area contributed by atoms with Crippen LogP contribution in [0.3, 0.4) is 0 Å². The first kappa shape index (κ1) is 17.6. The number of nitrogens with zero attached hydrogens (tertiary/aromatic N) is 2. The average molecular weight is 339 g/mol. The maximum absolute atomic E-state index is 12.3. The van der Waals surface area contributed by atoms with Crippen LogP contribution in [-0.4, -0.2) is 53.4 Å². The molecule has 0 bridgehead atoms. The number of hydrogen-bond acceptors (Lipinski definition) is 3. The normalized spacial score (nSPS) is 17.1. The Morgan fingerprint density at radius 1 is 1.35 bits per heavy atom. The molecule has 0 radical (unpaired) electrons. The van der Waals surface area contributed by atoms with Gasteiger partial charge in [0.1, 0.15) is 12.5 Å². The Labute approximate surface area is 142 Å². The summed E-state index contributed by atoms with van der Waals surface area (Å²) in [5.74, 6) is -0.0796. The summed E-state index contributed by atoms with van der Waals surface area (Å²) in [6, 6.07) is 9.62. The van der Waals surface area contributed by atoms with Gasteiger partial charge in [-0.25, -0.2) is 4.79 Å². The van der Waals surface area contributed by atoms with Crippen molar-refractivity contribution >= 4 is 23.6 Å². The molecule has 0 aromatic heterocycles. The number of likely N-dealkylation sites (N-methyl/N-ethyl adjacent to an activating group) is 1. The maximum Gasteiger partial charge on any atom is 0.410 e. The van der Waals surface area contributed by atoms with Crippen molar-refractivity contribution in [2.24, 2.45) is 0 Å². The highest BCUT2D eigenvalue weighted by Gasteiger charge is 2.30. The van der Waals surface area contributed by atoms with E-state index in [1.807, 2.05) is 37.3 Å². The Morgan fingerprint density at radius 2 is 2.09 bits per heavy atom. The second-order valence-electron chi connectivity index (χ2n) is 5.60. The highest BCUT2D eigenvalue weighted by atomic mass is 35.5. The van der Waals surface area contributed by atoms with Crippen LogP contribution in [0.4, 0.5) is 4.79 Å². The van der Waals surface area contributed by atoms with E-state index < -0.39 is 0 Å². The van der Waals surface area contributed by atoms with Crippen molar-refractivity contribution < 1.29 is 14.3 Å². The highest BCUT2D eigenvalue weighted by molar-refractivity contribution is 6.27. The summed E-state index contributed by atoms with van der Waals surface area (Å²) in [7, 11) is 0. The number of rotatable bonds is 6. The molecule has 5 nitrogen and oxygen atoms in total. The van der Waals surface area contributed by atoms with Gasteiger partial charge in [0.25, 0.3) is 0 Å². The standard InChI is InChI=1S/C17H23ClN2O3/c1-2-19(12-15-9-6-10-20(15)16(21)11-18)17(22)23-13-14-7-4-3-5-8-14/h3-5,7-8,15H,2,6,9-13H2,1H3/t15-/m0/s1. The van der Waals surface area contributed by atoms with Gasteiger partial charge < -0.3 is 14.5 Å². The van der Waals surface area contributed by atoms with Crippen LogP contribution in [0, 0.1) is 0 Å². The van der Waals surface area contributed by atoms with Gasteiger partial charge in [-0.05, 0) is 25.3 Å². The minimum atomic E-state index is -0.346. The van der Waals surface area contributed by atoms with E-state index in [9.17, 15) is 9.59 Å². The molecule has 1 aliphatic heterocycles. The van der Waals surface area contributed by atoms with E-state index in [1.54, 1.807) is 9.80 Å². The van der Waals surface area contributed by atoms with Crippen LogP contribution in [0.25, 0.3) is 0 Å². The summed E-state index contributed by atoms with van der Waals surface area (Å²) < 4.78 is 5.37. The number of alkyl halides is 1. The van der Waals surface area contributed by atoms with Crippen LogP contribution >= 0.6 is 11.6 Å². The number of halogens is 1. The van der Waals surface area contributed by atoms with E-state index in [-0.39, 0.29) is 30.5 Å². The molecule has 0 N–H and O–H groups in total. The largest absolute Gasteiger partial charge is 0.445 e. The summed E-state index contributed by atoms with van der Waals surface area (Å²) in [4.78, 5) is 27.5. The number of hydrogen-bond donors (Lipinski definition) is 0. The second kappa shape index (κ2) is 8.77. The zero-order chi connectivity index (χ0) is 16.7. The number of benzene rings is 1. The SMILES string of the molecule is CCN(C[C@@H]1CCCN1C(=O)CCl)C(=O)OCc1ccccc1. The van der Waals surface area contributed by atoms with Crippen LogP contribution in [0.1, 0.15) is 25.3 Å². The molecule has 0 saturated carbocycles. The van der Waals surface area contributed by atoms with Gasteiger partial charge in [-0.2, -0.15) is 0 Å². The van der Waals surface area contributed by atoms with E-state index in [4.69, 9.17) is 16.3 Å². The summed E-state index contributed by atoms with van der Waals surface area (Å²) in [6.45, 7) is 3.92. The highest BCUT2D eigenvalue weighted by Crippen LogP contribution is 2.19. The molecule has 1 heterocycles. The van der Waals surface area contributed by atoms with E-state index in [0.717, 1.165) is 18.4 Å². The van der Waals surface area contributed by atoms with Gasteiger partial charge in [-0.1, -0.05) is 30.3 Å². The third kappa shape index (κ3) is 4.86. The minimum Gasteiger partial charge on any atom is -0.445 e. The van der Waals surface area contributed by atoms with Crippen molar-refractivity contribution in [1.29, 1.82) is 0 Å². The zero-order valence-electron chi connectivity index (χ0n) is 13.4. The molecule has 0 spiro atoms. The van der Waals surface area contributed by atoms with Gasteiger partial charge in [0.2, 0.25) is 5.91 Å². The lowest BCUT2D eigenvalue weighted by Crippen LogP contribution is -2.45. The molecule has 126 valence electrons. The predicted molar refractivity (Wildman–Crippen MR) is 89.3 cm³/mol. The molecule has 1 aromatic carbocycles. The molecule has 2 rings (SSSR count). The smallest absolute Gasteiger partial charge is 0.410 e. The molecule has 1 saturated heterocycles. The van der Waals surface area contributed by atoms with Gasteiger partial charge in [-0.15, -0.1) is 11.6 Å². The number of carbonyl (C=O) groups is 2. The Hall–Kier alpha value is -1.75. The van der Waals surface area contributed by atoms with Gasteiger partial charge in [-0.3, -0.25) is 4.79 Å². The van der Waals surface area contributed by atoms with E-state index in [0.29, 0.717) is 19.6 Å². The lowest BCUT2D eigenvalue weighted by Gasteiger charge is -2.29. The van der Waals surface area contributed by atoms with Gasteiger partial charge in [0, 0.05) is 25.7 Å². The first-order chi connectivity index (χ1) is 11.2. The van der Waals surface area contributed by atoms with Crippen molar-refractivity contribution in [2.45, 2.75) is 32.4 Å². The van der Waals surface area contributed by atoms with Gasteiger partial charge in [0.15, 0.2) is 0 Å². The van der Waals surface area contributed by atoms with E-state index in [2.05, 4.69) is 0 Å². The number of amides is 2. The van der Waals surface area contributed by atoms with Crippen LogP contribution in [-0.2, 0) is 16.1 Å². The molecule has 1 aliphatic rings. The van der Waals surface area contributed by atoms with Crippen LogP contribution in [0.2, 0.25) is 0 Å². The maximum atomic E-state index is 12.3. The topological polar surface area (TPSA) is 49.9 Å². The number of likely N-dealkylation sites (tertiary alicyclic amines) is 1. The Morgan fingerprint density at radius 3 is 2.74 bits per heavy atom. The van der Waals surface area contributed by atoms with Crippen molar-refractivity contribution in [1.82, 2.24) is 9.80 Å². The quantitative estimate of drug-likeness (QED) is 0.749. The predicted octanol–water partition coefficient (Wildman–Crippen LogP) is 2.87. The average Bonchev–Trinajstić information content (AvgIpc) is 3.06. The fourth-order valence-corrected chi connectivity index (χ4v) is 2.98. The van der Waals surface area contributed by atoms with Crippen LogP contribution in [0.5, 0.6) is 0 Å². The zero-order valence-corrected chi connectivity index (χ0v) is 14.2. The van der Waals surface area contributed by atoms with Crippen molar-refractivity contribution in [3.05, 3.63) is 35.9 Å². The lowest BCUT2D eigenvalue weighted by molar-refractivity contribution is -0.129. The van der Waals surface area contributed by atoms with E-state index in [1.165, 1.54) is 0 Å². The Kier molecular flexibility index (Phi) is 6.71. The monoisotopic (exact) mass is 338 g/mol. The summed E-state index contributed by atoms with van der Waals surface area (Å²) in [5.41, 5.74) is 0.955. The third-order valence-corrected chi connectivity index (χ3v) is 4.32. The van der Waals surface area contributed by atoms with Crippen LogP contribution < -0.4 is 0 Å². The van der Waals surface area contributed by atoms with Crippen molar-refractivity contribution in [3.8, 4) is 0 Å². The summed E-state index contributed by atoms with van der Waals surface area (Å²) >= 11 is 5.65. The van der Waals surface area contributed by atoms with Crippen molar-refractivity contribution in [3.63, 3.8) is 0 Å². The fourth-order valence-electron chi connectivity index (χ4n) is 2.83. The Balaban J connectivity index is 1.88. The molecule has 1 aromatic rings. The molecule has 0 aliphatic carbocycles. The molecular weight excluding hydrogens is 316 g/mol. The molecule has 0 unspecified atom stereocenters. The second-order valence-corrected chi connectivity index (χ2v) is 5.86. The fraction of sp³-hybridized carbons (Fsp3) is 0.529. The Bertz CT molecular complexity index is 524. The summed E-state index contributed by atoms with van der Waals surface area (Å²) in [6.07, 6.45) is 1.50. The molecule has 2 amide bonds.